The largest absolute Gasteiger partial charge is 0.444 e. The number of nitrogens with one attached hydrogen (secondary N) is 1. The van der Waals surface area contributed by atoms with E-state index in [4.69, 9.17) is 9.72 Å². The van der Waals surface area contributed by atoms with E-state index in [9.17, 15) is 4.79 Å². The molecule has 3 rings (SSSR count). The molecule has 1 aliphatic heterocycles. The zero-order chi connectivity index (χ0) is 21.0. The van der Waals surface area contributed by atoms with Gasteiger partial charge in [-0.05, 0) is 39.5 Å². The molecule has 0 bridgehead atoms. The molecule has 29 heavy (non-hydrogen) atoms. The molecule has 1 amide bonds. The molecule has 0 spiro atoms. The molecule has 2 aromatic rings. The highest BCUT2D eigenvalue weighted by Gasteiger charge is 2.27. The topological polar surface area (TPSA) is 85.2 Å². The number of aryl methyl sites for hydroxylation is 2. The predicted molar refractivity (Wildman–Crippen MR) is 113 cm³/mol. The summed E-state index contributed by atoms with van der Waals surface area (Å²) in [4.78, 5) is 23.4. The third-order valence-electron chi connectivity index (χ3n) is 4.90. The van der Waals surface area contributed by atoms with Crippen LogP contribution in [0.1, 0.15) is 46.4 Å². The highest BCUT2D eigenvalue weighted by Crippen LogP contribution is 2.26. The summed E-state index contributed by atoms with van der Waals surface area (Å²) in [5.74, 6) is 1.97. The van der Waals surface area contributed by atoms with Crippen molar-refractivity contribution in [3.05, 3.63) is 24.4 Å². The van der Waals surface area contributed by atoms with Crippen molar-refractivity contribution in [2.24, 2.45) is 13.0 Å². The first-order valence-electron chi connectivity index (χ1n) is 10.3. The number of carbonyl (C=O) groups is 1. The van der Waals surface area contributed by atoms with Crippen LogP contribution in [0.5, 0.6) is 0 Å². The summed E-state index contributed by atoms with van der Waals surface area (Å²) < 4.78 is 7.31. The third-order valence-corrected chi connectivity index (χ3v) is 4.90. The number of carbonyl (C=O) groups excluding carboxylic acids is 1. The standard InChI is InChI=1S/C21H32N6O2/c1-6-18-22-12-17(16-11-24-26(5)14-16)19(25-18)23-10-15-8-7-9-27(13-15)20(28)29-21(2,3)4/h11-12,14-15H,6-10,13H2,1-5H3,(H,22,23,25). The van der Waals surface area contributed by atoms with Crippen LogP contribution in [0.2, 0.25) is 0 Å². The fourth-order valence-corrected chi connectivity index (χ4v) is 3.46. The van der Waals surface area contributed by atoms with Gasteiger partial charge in [0.25, 0.3) is 0 Å². The van der Waals surface area contributed by atoms with Crippen molar-refractivity contribution in [1.29, 1.82) is 0 Å². The van der Waals surface area contributed by atoms with E-state index < -0.39 is 5.60 Å². The SMILES string of the molecule is CCc1ncc(-c2cnn(C)c2)c(NCC2CCCN(C(=O)OC(C)(C)C)C2)n1. The summed E-state index contributed by atoms with van der Waals surface area (Å²) in [6.07, 6.45) is 8.23. The molecule has 3 heterocycles. The highest BCUT2D eigenvalue weighted by molar-refractivity contribution is 5.73. The van der Waals surface area contributed by atoms with Crippen molar-refractivity contribution < 1.29 is 9.53 Å². The lowest BCUT2D eigenvalue weighted by Crippen LogP contribution is -2.44. The van der Waals surface area contributed by atoms with E-state index in [0.717, 1.165) is 55.1 Å². The number of rotatable bonds is 5. The minimum atomic E-state index is -0.474. The summed E-state index contributed by atoms with van der Waals surface area (Å²) in [6.45, 7) is 9.92. The molecule has 1 unspecified atom stereocenters. The van der Waals surface area contributed by atoms with Crippen LogP contribution < -0.4 is 5.32 Å². The van der Waals surface area contributed by atoms with Crippen molar-refractivity contribution in [3.8, 4) is 11.1 Å². The molecule has 0 aliphatic carbocycles. The van der Waals surface area contributed by atoms with Crippen LogP contribution in [0.15, 0.2) is 18.6 Å². The summed E-state index contributed by atoms with van der Waals surface area (Å²) in [5, 5.41) is 7.77. The smallest absolute Gasteiger partial charge is 0.410 e. The van der Waals surface area contributed by atoms with Gasteiger partial charge in [-0.25, -0.2) is 14.8 Å². The Morgan fingerprint density at radius 2 is 2.14 bits per heavy atom. The lowest BCUT2D eigenvalue weighted by Gasteiger charge is -2.34. The minimum absolute atomic E-state index is 0.228. The van der Waals surface area contributed by atoms with Gasteiger partial charge in [0.1, 0.15) is 17.2 Å². The van der Waals surface area contributed by atoms with Crippen LogP contribution in [0.25, 0.3) is 11.1 Å². The van der Waals surface area contributed by atoms with Crippen molar-refractivity contribution in [3.63, 3.8) is 0 Å². The molecule has 0 radical (unpaired) electrons. The molecule has 158 valence electrons. The van der Waals surface area contributed by atoms with Crippen LogP contribution in [-0.2, 0) is 18.2 Å². The molecule has 0 aromatic carbocycles. The van der Waals surface area contributed by atoms with E-state index in [2.05, 4.69) is 15.4 Å². The number of amides is 1. The summed E-state index contributed by atoms with van der Waals surface area (Å²) in [7, 11) is 1.89. The number of ether oxygens (including phenoxy) is 1. The Hall–Kier alpha value is -2.64. The van der Waals surface area contributed by atoms with E-state index in [1.165, 1.54) is 0 Å². The van der Waals surface area contributed by atoms with E-state index in [1.807, 2.05) is 58.2 Å². The lowest BCUT2D eigenvalue weighted by molar-refractivity contribution is 0.0172. The third kappa shape index (κ3) is 5.68. The molecule has 1 saturated heterocycles. The molecular weight excluding hydrogens is 368 g/mol. The summed E-state index contributed by atoms with van der Waals surface area (Å²) in [6, 6.07) is 0. The molecule has 1 aliphatic rings. The Labute approximate surface area is 172 Å². The van der Waals surface area contributed by atoms with Gasteiger partial charge >= 0.3 is 6.09 Å². The Bertz CT molecular complexity index is 842. The Morgan fingerprint density at radius 3 is 2.79 bits per heavy atom. The van der Waals surface area contributed by atoms with E-state index >= 15 is 0 Å². The van der Waals surface area contributed by atoms with Crippen LogP contribution in [0, 0.1) is 5.92 Å². The molecule has 1 fully saturated rings. The minimum Gasteiger partial charge on any atom is -0.444 e. The van der Waals surface area contributed by atoms with Crippen molar-refractivity contribution in [1.82, 2.24) is 24.6 Å². The second-order valence-electron chi connectivity index (χ2n) is 8.62. The van der Waals surface area contributed by atoms with Gasteiger partial charge in [-0.15, -0.1) is 0 Å². The second-order valence-corrected chi connectivity index (χ2v) is 8.62. The number of hydrogen-bond donors (Lipinski definition) is 1. The number of hydrogen-bond acceptors (Lipinski definition) is 6. The molecule has 2 aromatic heterocycles. The lowest BCUT2D eigenvalue weighted by atomic mass is 9.98. The first-order valence-corrected chi connectivity index (χ1v) is 10.3. The van der Waals surface area contributed by atoms with E-state index in [1.54, 1.807) is 4.68 Å². The van der Waals surface area contributed by atoms with Crippen LogP contribution >= 0.6 is 0 Å². The van der Waals surface area contributed by atoms with Gasteiger partial charge in [0, 0.05) is 56.6 Å². The van der Waals surface area contributed by atoms with Gasteiger partial charge in [0.15, 0.2) is 0 Å². The zero-order valence-corrected chi connectivity index (χ0v) is 18.1. The first-order chi connectivity index (χ1) is 13.7. The number of aromatic nitrogens is 4. The van der Waals surface area contributed by atoms with Crippen molar-refractivity contribution in [2.45, 2.75) is 52.6 Å². The van der Waals surface area contributed by atoms with Crippen molar-refractivity contribution in [2.75, 3.05) is 25.0 Å². The monoisotopic (exact) mass is 400 g/mol. The Morgan fingerprint density at radius 1 is 1.34 bits per heavy atom. The van der Waals surface area contributed by atoms with Gasteiger partial charge in [0.2, 0.25) is 0 Å². The molecule has 8 nitrogen and oxygen atoms in total. The average Bonchev–Trinajstić information content (AvgIpc) is 3.11. The molecule has 0 saturated carbocycles. The summed E-state index contributed by atoms with van der Waals surface area (Å²) >= 11 is 0. The number of anilines is 1. The zero-order valence-electron chi connectivity index (χ0n) is 18.1. The number of likely N-dealkylation sites (tertiary alicyclic amines) is 1. The normalized spacial score (nSPS) is 17.3. The maximum absolute atomic E-state index is 12.4. The van der Waals surface area contributed by atoms with Gasteiger partial charge in [-0.1, -0.05) is 6.92 Å². The van der Waals surface area contributed by atoms with Gasteiger partial charge in [-0.3, -0.25) is 4.68 Å². The second kappa shape index (κ2) is 8.80. The number of piperidine rings is 1. The van der Waals surface area contributed by atoms with E-state index in [-0.39, 0.29) is 6.09 Å². The van der Waals surface area contributed by atoms with Gasteiger partial charge in [0.05, 0.1) is 6.20 Å². The maximum atomic E-state index is 12.4. The van der Waals surface area contributed by atoms with Crippen molar-refractivity contribution >= 4 is 11.9 Å². The van der Waals surface area contributed by atoms with Crippen LogP contribution in [0.4, 0.5) is 10.6 Å². The molecule has 1 N–H and O–H groups in total. The quantitative estimate of drug-likeness (QED) is 0.827. The fraction of sp³-hybridized carbons (Fsp3) is 0.619. The maximum Gasteiger partial charge on any atom is 0.410 e. The Kier molecular flexibility index (Phi) is 6.39. The van der Waals surface area contributed by atoms with Crippen LogP contribution in [0.3, 0.4) is 0 Å². The Balaban J connectivity index is 1.68. The van der Waals surface area contributed by atoms with Crippen LogP contribution in [-0.4, -0.2) is 56.0 Å². The average molecular weight is 401 g/mol. The van der Waals surface area contributed by atoms with E-state index in [0.29, 0.717) is 12.5 Å². The first kappa shape index (κ1) is 21.1. The molecule has 1 atom stereocenters. The molecule has 8 heteroatoms. The highest BCUT2D eigenvalue weighted by atomic mass is 16.6. The predicted octanol–water partition coefficient (Wildman–Crippen LogP) is 3.50. The fourth-order valence-electron chi connectivity index (χ4n) is 3.46. The van der Waals surface area contributed by atoms with Gasteiger partial charge < -0.3 is 15.0 Å². The summed E-state index contributed by atoms with van der Waals surface area (Å²) in [5.41, 5.74) is 1.45. The molecular formula is C21H32N6O2. The number of nitrogens with zero attached hydrogens (tertiary/aromatic N) is 5. The van der Waals surface area contributed by atoms with Gasteiger partial charge in [-0.2, -0.15) is 5.10 Å².